The summed E-state index contributed by atoms with van der Waals surface area (Å²) in [5.74, 6) is 0.753. The van der Waals surface area contributed by atoms with Crippen LogP contribution in [0.4, 0.5) is 0 Å². The molecule has 0 aromatic rings. The molecule has 0 fully saturated rings. The van der Waals surface area contributed by atoms with Crippen molar-refractivity contribution in [2.24, 2.45) is 11.7 Å². The summed E-state index contributed by atoms with van der Waals surface area (Å²) in [5.41, 5.74) is 5.71. The van der Waals surface area contributed by atoms with Crippen molar-refractivity contribution in [1.29, 1.82) is 0 Å². The Hall–Kier alpha value is -0.0800. The number of ether oxygens (including phenoxy) is 1. The molecule has 0 unspecified atom stereocenters. The van der Waals surface area contributed by atoms with E-state index in [1.807, 2.05) is 0 Å². The molecule has 0 spiro atoms. The van der Waals surface area contributed by atoms with Gasteiger partial charge in [0.1, 0.15) is 0 Å². The Labute approximate surface area is 63.7 Å². The minimum Gasteiger partial charge on any atom is -0.383 e. The molecule has 1 atom stereocenters. The summed E-state index contributed by atoms with van der Waals surface area (Å²) in [5, 5.41) is 0. The van der Waals surface area contributed by atoms with Crippen LogP contribution >= 0.6 is 0 Å². The fourth-order valence-electron chi connectivity index (χ4n) is 0.845. The standard InChI is InChI=1S/C8H19NO/c1-7(2)4-5-8(9)6-10-3/h7-8H,4-6,9H2,1-3H3/t8-/m1/s1. The first-order chi connectivity index (χ1) is 4.66. The maximum atomic E-state index is 5.71. The lowest BCUT2D eigenvalue weighted by molar-refractivity contribution is 0.174. The van der Waals surface area contributed by atoms with E-state index in [0.29, 0.717) is 6.61 Å². The van der Waals surface area contributed by atoms with Gasteiger partial charge in [-0.25, -0.2) is 0 Å². The summed E-state index contributed by atoms with van der Waals surface area (Å²) < 4.78 is 4.91. The van der Waals surface area contributed by atoms with Gasteiger partial charge < -0.3 is 10.5 Å². The predicted octanol–water partition coefficient (Wildman–Crippen LogP) is 1.40. The Bertz CT molecular complexity index is 73.7. The second-order valence-electron chi connectivity index (χ2n) is 3.19. The average Bonchev–Trinajstić information content (AvgIpc) is 1.85. The van der Waals surface area contributed by atoms with Crippen LogP contribution in [0.1, 0.15) is 26.7 Å². The fourth-order valence-corrected chi connectivity index (χ4v) is 0.845. The Morgan fingerprint density at radius 3 is 2.30 bits per heavy atom. The van der Waals surface area contributed by atoms with Gasteiger partial charge in [0.05, 0.1) is 6.61 Å². The lowest BCUT2D eigenvalue weighted by Gasteiger charge is -2.11. The van der Waals surface area contributed by atoms with Crippen molar-refractivity contribution in [3.63, 3.8) is 0 Å². The van der Waals surface area contributed by atoms with Gasteiger partial charge in [-0.1, -0.05) is 13.8 Å². The average molecular weight is 145 g/mol. The zero-order chi connectivity index (χ0) is 7.98. The van der Waals surface area contributed by atoms with Crippen molar-refractivity contribution in [1.82, 2.24) is 0 Å². The molecule has 10 heavy (non-hydrogen) atoms. The molecule has 2 heteroatoms. The summed E-state index contributed by atoms with van der Waals surface area (Å²) >= 11 is 0. The molecular weight excluding hydrogens is 126 g/mol. The van der Waals surface area contributed by atoms with Crippen LogP contribution in [0.25, 0.3) is 0 Å². The Kier molecular flexibility index (Phi) is 5.64. The Morgan fingerprint density at radius 2 is 1.90 bits per heavy atom. The zero-order valence-corrected chi connectivity index (χ0v) is 7.26. The number of hydrogen-bond donors (Lipinski definition) is 1. The highest BCUT2D eigenvalue weighted by molar-refractivity contribution is 4.60. The van der Waals surface area contributed by atoms with E-state index in [1.165, 1.54) is 6.42 Å². The SMILES string of the molecule is COC[C@H](N)CCC(C)C. The predicted molar refractivity (Wildman–Crippen MR) is 43.9 cm³/mol. The highest BCUT2D eigenvalue weighted by Crippen LogP contribution is 2.05. The largest absolute Gasteiger partial charge is 0.383 e. The highest BCUT2D eigenvalue weighted by atomic mass is 16.5. The second kappa shape index (κ2) is 5.69. The molecule has 0 saturated carbocycles. The van der Waals surface area contributed by atoms with Gasteiger partial charge in [-0.3, -0.25) is 0 Å². The fraction of sp³-hybridized carbons (Fsp3) is 1.00. The first-order valence-corrected chi connectivity index (χ1v) is 3.91. The van der Waals surface area contributed by atoms with Gasteiger partial charge in [0.25, 0.3) is 0 Å². The molecular formula is C8H19NO. The third-order valence-corrected chi connectivity index (χ3v) is 1.50. The Balaban J connectivity index is 3.12. The first-order valence-electron chi connectivity index (χ1n) is 3.91. The molecule has 0 aromatic heterocycles. The molecule has 0 amide bonds. The van der Waals surface area contributed by atoms with Crippen LogP contribution < -0.4 is 5.73 Å². The zero-order valence-electron chi connectivity index (χ0n) is 7.26. The topological polar surface area (TPSA) is 35.2 Å². The van der Waals surface area contributed by atoms with Crippen LogP contribution in [0.3, 0.4) is 0 Å². The lowest BCUT2D eigenvalue weighted by atomic mass is 10.0. The van der Waals surface area contributed by atoms with Gasteiger partial charge in [-0.15, -0.1) is 0 Å². The summed E-state index contributed by atoms with van der Waals surface area (Å²) in [6.45, 7) is 5.10. The second-order valence-corrected chi connectivity index (χ2v) is 3.19. The van der Waals surface area contributed by atoms with Gasteiger partial charge in [-0.2, -0.15) is 0 Å². The van der Waals surface area contributed by atoms with E-state index in [0.717, 1.165) is 12.3 Å². The summed E-state index contributed by atoms with van der Waals surface area (Å²) in [6.07, 6.45) is 2.27. The van der Waals surface area contributed by atoms with Crippen molar-refractivity contribution in [2.45, 2.75) is 32.7 Å². The monoisotopic (exact) mass is 145 g/mol. The molecule has 0 radical (unpaired) electrons. The van der Waals surface area contributed by atoms with Crippen molar-refractivity contribution < 1.29 is 4.74 Å². The molecule has 2 N–H and O–H groups in total. The van der Waals surface area contributed by atoms with E-state index in [4.69, 9.17) is 10.5 Å². The first kappa shape index (κ1) is 9.92. The molecule has 0 rings (SSSR count). The van der Waals surface area contributed by atoms with Crippen LogP contribution in [-0.4, -0.2) is 19.8 Å². The van der Waals surface area contributed by atoms with Crippen LogP contribution in [0.2, 0.25) is 0 Å². The van der Waals surface area contributed by atoms with E-state index in [9.17, 15) is 0 Å². The van der Waals surface area contributed by atoms with Crippen LogP contribution in [0.15, 0.2) is 0 Å². The van der Waals surface area contributed by atoms with Crippen LogP contribution in [0, 0.1) is 5.92 Å². The third kappa shape index (κ3) is 6.05. The highest BCUT2D eigenvalue weighted by Gasteiger charge is 2.02. The normalized spacial score (nSPS) is 14.1. The maximum Gasteiger partial charge on any atom is 0.0613 e. The smallest absolute Gasteiger partial charge is 0.0613 e. The van der Waals surface area contributed by atoms with Gasteiger partial charge in [0.15, 0.2) is 0 Å². The minimum absolute atomic E-state index is 0.229. The molecule has 0 bridgehead atoms. The van der Waals surface area contributed by atoms with E-state index < -0.39 is 0 Å². The van der Waals surface area contributed by atoms with Crippen molar-refractivity contribution >= 4 is 0 Å². The van der Waals surface area contributed by atoms with Gasteiger partial charge in [-0.05, 0) is 18.8 Å². The number of nitrogens with two attached hydrogens (primary N) is 1. The van der Waals surface area contributed by atoms with Crippen molar-refractivity contribution in [3.8, 4) is 0 Å². The molecule has 0 aliphatic heterocycles. The van der Waals surface area contributed by atoms with Gasteiger partial charge in [0, 0.05) is 13.2 Å². The van der Waals surface area contributed by atoms with E-state index in [-0.39, 0.29) is 6.04 Å². The summed E-state index contributed by atoms with van der Waals surface area (Å²) in [4.78, 5) is 0. The van der Waals surface area contributed by atoms with Gasteiger partial charge >= 0.3 is 0 Å². The maximum absolute atomic E-state index is 5.71. The molecule has 2 nitrogen and oxygen atoms in total. The van der Waals surface area contributed by atoms with Crippen LogP contribution in [-0.2, 0) is 4.74 Å². The summed E-state index contributed by atoms with van der Waals surface area (Å²) in [6, 6.07) is 0.229. The number of hydrogen-bond acceptors (Lipinski definition) is 2. The van der Waals surface area contributed by atoms with E-state index >= 15 is 0 Å². The molecule has 0 saturated heterocycles. The minimum atomic E-state index is 0.229. The van der Waals surface area contributed by atoms with E-state index in [1.54, 1.807) is 7.11 Å². The number of rotatable bonds is 5. The molecule has 0 aromatic carbocycles. The molecule has 62 valence electrons. The van der Waals surface area contributed by atoms with Crippen molar-refractivity contribution in [3.05, 3.63) is 0 Å². The number of methoxy groups -OCH3 is 1. The quantitative estimate of drug-likeness (QED) is 0.634. The third-order valence-electron chi connectivity index (χ3n) is 1.50. The molecule has 0 aliphatic rings. The van der Waals surface area contributed by atoms with Gasteiger partial charge in [0.2, 0.25) is 0 Å². The molecule has 0 heterocycles. The lowest BCUT2D eigenvalue weighted by Crippen LogP contribution is -2.25. The molecule has 0 aliphatic carbocycles. The van der Waals surface area contributed by atoms with E-state index in [2.05, 4.69) is 13.8 Å². The van der Waals surface area contributed by atoms with Crippen molar-refractivity contribution in [2.75, 3.05) is 13.7 Å². The summed E-state index contributed by atoms with van der Waals surface area (Å²) in [7, 11) is 1.69. The Morgan fingerprint density at radius 1 is 1.30 bits per heavy atom. The van der Waals surface area contributed by atoms with Crippen LogP contribution in [0.5, 0.6) is 0 Å².